The Balaban J connectivity index is 3.41. The number of ether oxygens (including phenoxy) is 1. The van der Waals surface area contributed by atoms with E-state index in [1.54, 1.807) is 0 Å². The highest BCUT2D eigenvalue weighted by Crippen LogP contribution is 2.31. The molecule has 2 N–H and O–H groups in total. The van der Waals surface area contributed by atoms with Gasteiger partial charge < -0.3 is 10.5 Å². The number of carbonyl (C=O) groups is 1. The molecule has 0 bridgehead atoms. The summed E-state index contributed by atoms with van der Waals surface area (Å²) in [5.74, 6) is -0.210. The Bertz CT molecular complexity index is 447. The lowest BCUT2D eigenvalue weighted by Crippen LogP contribution is -2.07. The fourth-order valence-corrected chi connectivity index (χ4v) is 1.49. The highest BCUT2D eigenvalue weighted by Gasteiger charge is 2.19. The average molecular weight is 289 g/mol. The van der Waals surface area contributed by atoms with Crippen LogP contribution in [0.1, 0.15) is 10.4 Å². The van der Waals surface area contributed by atoms with E-state index in [1.807, 2.05) is 0 Å². The molecule has 1 aromatic carbocycles. The van der Waals surface area contributed by atoms with Gasteiger partial charge in [0.05, 0.1) is 34.7 Å². The van der Waals surface area contributed by atoms with Crippen molar-refractivity contribution in [2.45, 2.75) is 0 Å². The first kappa shape index (κ1) is 12.4. The van der Waals surface area contributed by atoms with Crippen molar-refractivity contribution in [2.75, 3.05) is 18.2 Å². The maximum atomic E-state index is 11.5. The molecule has 0 aliphatic carbocycles. The third-order valence-electron chi connectivity index (χ3n) is 1.98. The van der Waals surface area contributed by atoms with E-state index in [4.69, 9.17) is 10.5 Å². The SMILES string of the molecule is COc1cc([N+](=O)[O-])cc(C(=O)CBr)c1N. The predicted octanol–water partition coefficient (Wildman–Crippen LogP) is 1.76. The Hall–Kier alpha value is -1.63. The van der Waals surface area contributed by atoms with Crippen molar-refractivity contribution in [3.8, 4) is 5.75 Å². The van der Waals surface area contributed by atoms with Crippen molar-refractivity contribution in [1.29, 1.82) is 0 Å². The molecular formula is C9H9BrN2O4. The minimum atomic E-state index is -0.604. The number of hydrogen-bond acceptors (Lipinski definition) is 5. The topological polar surface area (TPSA) is 95.5 Å². The first-order valence-electron chi connectivity index (χ1n) is 4.22. The van der Waals surface area contributed by atoms with Crippen LogP contribution in [0.3, 0.4) is 0 Å². The summed E-state index contributed by atoms with van der Waals surface area (Å²) < 4.78 is 4.87. The maximum Gasteiger partial charge on any atom is 0.274 e. The van der Waals surface area contributed by atoms with Gasteiger partial charge in [-0.2, -0.15) is 0 Å². The fraction of sp³-hybridized carbons (Fsp3) is 0.222. The number of nitrogens with two attached hydrogens (primary N) is 1. The number of carbonyl (C=O) groups excluding carboxylic acids is 1. The number of hydrogen-bond donors (Lipinski definition) is 1. The van der Waals surface area contributed by atoms with Gasteiger partial charge in [0.1, 0.15) is 5.75 Å². The van der Waals surface area contributed by atoms with E-state index in [-0.39, 0.29) is 33.8 Å². The van der Waals surface area contributed by atoms with Gasteiger partial charge in [0.2, 0.25) is 0 Å². The van der Waals surface area contributed by atoms with Crippen molar-refractivity contribution in [3.05, 3.63) is 27.8 Å². The molecule has 0 unspecified atom stereocenters. The van der Waals surface area contributed by atoms with E-state index in [9.17, 15) is 14.9 Å². The van der Waals surface area contributed by atoms with E-state index in [2.05, 4.69) is 15.9 Å². The van der Waals surface area contributed by atoms with Gasteiger partial charge >= 0.3 is 0 Å². The largest absolute Gasteiger partial charge is 0.494 e. The summed E-state index contributed by atoms with van der Waals surface area (Å²) in [5, 5.41) is 10.7. The monoisotopic (exact) mass is 288 g/mol. The van der Waals surface area contributed by atoms with Gasteiger partial charge in [-0.25, -0.2) is 0 Å². The van der Waals surface area contributed by atoms with Crippen LogP contribution in [0.5, 0.6) is 5.75 Å². The van der Waals surface area contributed by atoms with Gasteiger partial charge in [0, 0.05) is 6.07 Å². The lowest BCUT2D eigenvalue weighted by Gasteiger charge is -2.08. The third-order valence-corrected chi connectivity index (χ3v) is 2.49. The van der Waals surface area contributed by atoms with Crippen LogP contribution in [0.2, 0.25) is 0 Å². The number of non-ortho nitro benzene ring substituents is 1. The lowest BCUT2D eigenvalue weighted by molar-refractivity contribution is -0.384. The predicted molar refractivity (Wildman–Crippen MR) is 62.2 cm³/mol. The zero-order valence-corrected chi connectivity index (χ0v) is 9.98. The lowest BCUT2D eigenvalue weighted by atomic mass is 10.1. The summed E-state index contributed by atoms with van der Waals surface area (Å²) in [6, 6.07) is 2.32. The number of Topliss-reactive ketones (excluding diaryl/α,β-unsaturated/α-hetero) is 1. The molecule has 16 heavy (non-hydrogen) atoms. The number of nitro benzene ring substituents is 1. The van der Waals surface area contributed by atoms with Gasteiger partial charge in [-0.05, 0) is 0 Å². The second-order valence-electron chi connectivity index (χ2n) is 2.92. The first-order chi connectivity index (χ1) is 7.51. The molecule has 1 rings (SSSR count). The summed E-state index contributed by atoms with van der Waals surface area (Å²) in [5.41, 5.74) is 5.62. The normalized spacial score (nSPS) is 9.88. The van der Waals surface area contributed by atoms with Crippen molar-refractivity contribution in [2.24, 2.45) is 0 Å². The van der Waals surface area contributed by atoms with E-state index in [1.165, 1.54) is 13.2 Å². The Morgan fingerprint density at radius 2 is 2.25 bits per heavy atom. The molecule has 6 nitrogen and oxygen atoms in total. The molecule has 0 amide bonds. The fourth-order valence-electron chi connectivity index (χ4n) is 1.19. The third kappa shape index (κ3) is 2.30. The number of nitrogen functional groups attached to an aromatic ring is 1. The smallest absolute Gasteiger partial charge is 0.274 e. The molecular weight excluding hydrogens is 280 g/mol. The Morgan fingerprint density at radius 3 is 2.69 bits per heavy atom. The molecule has 0 aromatic heterocycles. The van der Waals surface area contributed by atoms with Crippen LogP contribution >= 0.6 is 15.9 Å². The standard InChI is InChI=1S/C9H9BrN2O4/c1-16-8-3-5(12(14)15)2-6(9(8)11)7(13)4-10/h2-3H,4,11H2,1H3. The minimum Gasteiger partial charge on any atom is -0.494 e. The highest BCUT2D eigenvalue weighted by molar-refractivity contribution is 9.09. The quantitative estimate of drug-likeness (QED) is 0.299. The summed E-state index contributed by atoms with van der Waals surface area (Å²) in [4.78, 5) is 21.5. The number of rotatable bonds is 4. The van der Waals surface area contributed by atoms with E-state index < -0.39 is 4.92 Å². The van der Waals surface area contributed by atoms with Crippen LogP contribution in [-0.2, 0) is 0 Å². The van der Waals surface area contributed by atoms with E-state index in [0.29, 0.717) is 0 Å². The molecule has 7 heteroatoms. The van der Waals surface area contributed by atoms with Gasteiger partial charge in [-0.1, -0.05) is 15.9 Å². The second-order valence-corrected chi connectivity index (χ2v) is 3.48. The van der Waals surface area contributed by atoms with Crippen molar-refractivity contribution >= 4 is 33.1 Å². The first-order valence-corrected chi connectivity index (χ1v) is 5.34. The van der Waals surface area contributed by atoms with E-state index >= 15 is 0 Å². The molecule has 0 aliphatic rings. The number of alkyl halides is 1. The van der Waals surface area contributed by atoms with Gasteiger partial charge in [0.15, 0.2) is 5.78 Å². The Kier molecular flexibility index (Phi) is 3.83. The number of nitro groups is 1. The van der Waals surface area contributed by atoms with Crippen LogP contribution in [0.4, 0.5) is 11.4 Å². The average Bonchev–Trinajstić information content (AvgIpc) is 2.28. The number of methoxy groups -OCH3 is 1. The molecule has 86 valence electrons. The van der Waals surface area contributed by atoms with Crippen molar-refractivity contribution in [1.82, 2.24) is 0 Å². The number of halogens is 1. The molecule has 0 atom stereocenters. The maximum absolute atomic E-state index is 11.5. The minimum absolute atomic E-state index is 0.0432. The van der Waals surface area contributed by atoms with Crippen molar-refractivity contribution in [3.63, 3.8) is 0 Å². The number of nitrogens with zero attached hydrogens (tertiary/aromatic N) is 1. The summed E-state index contributed by atoms with van der Waals surface area (Å²) in [6.07, 6.45) is 0. The van der Waals surface area contributed by atoms with Gasteiger partial charge in [-0.15, -0.1) is 0 Å². The van der Waals surface area contributed by atoms with Crippen LogP contribution in [0.15, 0.2) is 12.1 Å². The number of benzene rings is 1. The molecule has 0 saturated carbocycles. The number of ketones is 1. The van der Waals surface area contributed by atoms with Crippen LogP contribution in [0, 0.1) is 10.1 Å². The molecule has 0 aliphatic heterocycles. The molecule has 0 saturated heterocycles. The van der Waals surface area contributed by atoms with Crippen LogP contribution < -0.4 is 10.5 Å². The number of anilines is 1. The summed E-state index contributed by atoms with van der Waals surface area (Å²) in [6.45, 7) is 0. The van der Waals surface area contributed by atoms with Gasteiger partial charge in [0.25, 0.3) is 5.69 Å². The second kappa shape index (κ2) is 4.93. The zero-order valence-electron chi connectivity index (χ0n) is 8.40. The van der Waals surface area contributed by atoms with Crippen molar-refractivity contribution < 1.29 is 14.5 Å². The Morgan fingerprint density at radius 1 is 1.62 bits per heavy atom. The molecule has 0 heterocycles. The zero-order chi connectivity index (χ0) is 12.3. The molecule has 1 aromatic rings. The van der Waals surface area contributed by atoms with Crippen LogP contribution in [-0.4, -0.2) is 23.1 Å². The summed E-state index contributed by atoms with van der Waals surface area (Å²) in [7, 11) is 1.33. The molecule has 0 radical (unpaired) electrons. The molecule has 0 fully saturated rings. The summed E-state index contributed by atoms with van der Waals surface area (Å²) >= 11 is 2.98. The van der Waals surface area contributed by atoms with Crippen LogP contribution in [0.25, 0.3) is 0 Å². The highest BCUT2D eigenvalue weighted by atomic mass is 79.9. The van der Waals surface area contributed by atoms with E-state index in [0.717, 1.165) is 6.07 Å². The Labute approximate surface area is 99.7 Å². The molecule has 0 spiro atoms. The van der Waals surface area contributed by atoms with Gasteiger partial charge in [-0.3, -0.25) is 14.9 Å².